The van der Waals surface area contributed by atoms with Gasteiger partial charge in [0.25, 0.3) is 5.91 Å². The minimum Gasteiger partial charge on any atom is -0.444 e. The van der Waals surface area contributed by atoms with Crippen LogP contribution in [-0.4, -0.2) is 34.5 Å². The minimum absolute atomic E-state index is 0.0678. The molecule has 7 heteroatoms. The fourth-order valence-corrected chi connectivity index (χ4v) is 3.62. The van der Waals surface area contributed by atoms with Gasteiger partial charge in [0.15, 0.2) is 0 Å². The summed E-state index contributed by atoms with van der Waals surface area (Å²) in [6.45, 7) is 11.3. The lowest BCUT2D eigenvalue weighted by Gasteiger charge is -2.31. The predicted octanol–water partition coefficient (Wildman–Crippen LogP) is 4.71. The van der Waals surface area contributed by atoms with E-state index in [1.165, 1.54) is 0 Å². The van der Waals surface area contributed by atoms with Crippen LogP contribution in [0.1, 0.15) is 63.8 Å². The van der Waals surface area contributed by atoms with Gasteiger partial charge in [-0.25, -0.2) is 4.79 Å². The molecule has 3 amide bonds. The lowest BCUT2D eigenvalue weighted by Crippen LogP contribution is -2.51. The van der Waals surface area contributed by atoms with Gasteiger partial charge in [-0.1, -0.05) is 80.4 Å². The van der Waals surface area contributed by atoms with E-state index in [4.69, 9.17) is 11.2 Å². The molecule has 0 aliphatic heterocycles. The maximum absolute atomic E-state index is 13.7. The van der Waals surface area contributed by atoms with Crippen LogP contribution in [0.4, 0.5) is 4.79 Å². The zero-order valence-electron chi connectivity index (χ0n) is 22.0. The summed E-state index contributed by atoms with van der Waals surface area (Å²) in [6, 6.07) is 17.1. The Morgan fingerprint density at radius 1 is 1.03 bits per heavy atom. The first kappa shape index (κ1) is 28.4. The van der Waals surface area contributed by atoms with E-state index in [0.29, 0.717) is 12.0 Å². The summed E-state index contributed by atoms with van der Waals surface area (Å²) in [5.41, 5.74) is 1.75. The van der Waals surface area contributed by atoms with Crippen molar-refractivity contribution in [3.05, 3.63) is 71.3 Å². The van der Waals surface area contributed by atoms with Crippen LogP contribution in [0.2, 0.25) is 0 Å². The van der Waals surface area contributed by atoms with Gasteiger partial charge in [0, 0.05) is 12.6 Å². The van der Waals surface area contributed by atoms with Crippen molar-refractivity contribution in [1.29, 1.82) is 0 Å². The molecule has 0 saturated heterocycles. The summed E-state index contributed by atoms with van der Waals surface area (Å²) in [7, 11) is 0. The van der Waals surface area contributed by atoms with Crippen molar-refractivity contribution in [2.45, 2.75) is 72.2 Å². The molecule has 0 bridgehead atoms. The maximum atomic E-state index is 13.7. The van der Waals surface area contributed by atoms with Crippen LogP contribution < -0.4 is 10.6 Å². The number of aryl methyl sites for hydroxylation is 1. The summed E-state index contributed by atoms with van der Waals surface area (Å²) in [5.74, 6) is -0.912. The number of nitrogens with zero attached hydrogens (tertiary/aromatic N) is 1. The van der Waals surface area contributed by atoms with Crippen molar-refractivity contribution >= 4 is 17.9 Å². The number of carbonyl (C=O) groups is 3. The highest BCUT2D eigenvalue weighted by atomic mass is 16.6. The third kappa shape index (κ3) is 8.77. The average Bonchev–Trinajstić information content (AvgIpc) is 2.80. The Balaban J connectivity index is 2.37. The molecule has 2 rings (SSSR count). The van der Waals surface area contributed by atoms with Crippen LogP contribution in [0.15, 0.2) is 54.6 Å². The van der Waals surface area contributed by atoms with Crippen molar-refractivity contribution in [1.82, 2.24) is 15.5 Å². The first-order chi connectivity index (χ1) is 16.9. The van der Waals surface area contributed by atoms with Gasteiger partial charge in [0.1, 0.15) is 17.7 Å². The molecule has 2 aromatic rings. The number of terminal acetylenes is 1. The van der Waals surface area contributed by atoms with E-state index in [0.717, 1.165) is 16.0 Å². The Hall–Kier alpha value is -3.79. The van der Waals surface area contributed by atoms with Gasteiger partial charge in [0.05, 0.1) is 0 Å². The summed E-state index contributed by atoms with van der Waals surface area (Å²) >= 11 is 0. The van der Waals surface area contributed by atoms with Crippen molar-refractivity contribution in [3.8, 4) is 12.5 Å². The molecule has 2 atom stereocenters. The molecule has 2 N–H and O–H groups in total. The van der Waals surface area contributed by atoms with E-state index in [2.05, 4.69) is 16.7 Å². The Labute approximate surface area is 214 Å². The molecule has 7 nitrogen and oxygen atoms in total. The van der Waals surface area contributed by atoms with E-state index in [1.807, 2.05) is 63.2 Å². The van der Waals surface area contributed by atoms with E-state index in [1.54, 1.807) is 32.9 Å². The summed E-state index contributed by atoms with van der Waals surface area (Å²) in [4.78, 5) is 40.7. The van der Waals surface area contributed by atoms with Crippen LogP contribution in [0.5, 0.6) is 0 Å². The van der Waals surface area contributed by atoms with Gasteiger partial charge in [-0.05, 0) is 51.2 Å². The number of rotatable bonds is 9. The SMILES string of the molecule is C#CN(C(=O)C(CC(C)C)NC(=O)OC(C)(C)C)C(C(=O)NCc1ccccc1)c1ccc(C)cc1. The highest BCUT2D eigenvalue weighted by Gasteiger charge is 2.36. The topological polar surface area (TPSA) is 87.7 Å². The number of ether oxygens (including phenoxy) is 1. The molecular formula is C29H37N3O4. The van der Waals surface area contributed by atoms with Crippen LogP contribution in [0, 0.1) is 25.3 Å². The quantitative estimate of drug-likeness (QED) is 0.393. The number of benzene rings is 2. The van der Waals surface area contributed by atoms with Gasteiger partial charge in [0.2, 0.25) is 5.91 Å². The molecule has 2 aromatic carbocycles. The average molecular weight is 492 g/mol. The maximum Gasteiger partial charge on any atom is 0.408 e. The van der Waals surface area contributed by atoms with Crippen molar-refractivity contribution in [2.75, 3.05) is 0 Å². The molecule has 0 radical (unpaired) electrons. The van der Waals surface area contributed by atoms with Crippen LogP contribution >= 0.6 is 0 Å². The smallest absolute Gasteiger partial charge is 0.408 e. The number of carbonyl (C=O) groups excluding carboxylic acids is 3. The molecule has 192 valence electrons. The normalized spacial score (nSPS) is 12.7. The van der Waals surface area contributed by atoms with Gasteiger partial charge in [-0.3, -0.25) is 14.5 Å². The van der Waals surface area contributed by atoms with Gasteiger partial charge in [-0.2, -0.15) is 0 Å². The summed E-state index contributed by atoms with van der Waals surface area (Å²) in [6.07, 6.45) is 5.42. The van der Waals surface area contributed by atoms with Crippen molar-refractivity contribution in [3.63, 3.8) is 0 Å². The fraction of sp³-hybridized carbons (Fsp3) is 0.414. The van der Waals surface area contributed by atoms with Crippen LogP contribution in [-0.2, 0) is 20.9 Å². The second-order valence-electron chi connectivity index (χ2n) is 10.2. The Bertz CT molecular complexity index is 1070. The largest absolute Gasteiger partial charge is 0.444 e. The molecule has 0 aliphatic rings. The molecule has 0 heterocycles. The zero-order chi connectivity index (χ0) is 26.9. The third-order valence-electron chi connectivity index (χ3n) is 5.28. The summed E-state index contributed by atoms with van der Waals surface area (Å²) in [5, 5.41) is 5.55. The Morgan fingerprint density at radius 2 is 1.64 bits per heavy atom. The van der Waals surface area contributed by atoms with Crippen molar-refractivity contribution in [2.24, 2.45) is 5.92 Å². The molecule has 36 heavy (non-hydrogen) atoms. The second-order valence-corrected chi connectivity index (χ2v) is 10.2. The Morgan fingerprint density at radius 3 is 2.17 bits per heavy atom. The number of hydrogen-bond acceptors (Lipinski definition) is 4. The van der Waals surface area contributed by atoms with E-state index in [9.17, 15) is 14.4 Å². The van der Waals surface area contributed by atoms with Crippen LogP contribution in [0.25, 0.3) is 0 Å². The highest BCUT2D eigenvalue weighted by molar-refractivity contribution is 5.93. The minimum atomic E-state index is -1.08. The molecule has 0 saturated carbocycles. The lowest BCUT2D eigenvalue weighted by atomic mass is 9.99. The Kier molecular flexibility index (Phi) is 10.1. The lowest BCUT2D eigenvalue weighted by molar-refractivity contribution is -0.139. The molecule has 0 spiro atoms. The van der Waals surface area contributed by atoms with Gasteiger partial charge in [-0.15, -0.1) is 0 Å². The molecule has 0 aromatic heterocycles. The highest BCUT2D eigenvalue weighted by Crippen LogP contribution is 2.24. The van der Waals surface area contributed by atoms with E-state index < -0.39 is 35.6 Å². The molecule has 0 aliphatic carbocycles. The first-order valence-electron chi connectivity index (χ1n) is 12.1. The first-order valence-corrected chi connectivity index (χ1v) is 12.1. The predicted molar refractivity (Wildman–Crippen MR) is 141 cm³/mol. The van der Waals surface area contributed by atoms with Gasteiger partial charge >= 0.3 is 6.09 Å². The van der Waals surface area contributed by atoms with Crippen LogP contribution in [0.3, 0.4) is 0 Å². The third-order valence-corrected chi connectivity index (χ3v) is 5.28. The fourth-order valence-electron chi connectivity index (χ4n) is 3.62. The molecule has 2 unspecified atom stereocenters. The monoisotopic (exact) mass is 491 g/mol. The number of alkyl carbamates (subject to hydrolysis) is 1. The van der Waals surface area contributed by atoms with Crippen molar-refractivity contribution < 1.29 is 19.1 Å². The number of hydrogen-bond donors (Lipinski definition) is 2. The summed E-state index contributed by atoms with van der Waals surface area (Å²) < 4.78 is 5.35. The zero-order valence-corrected chi connectivity index (χ0v) is 22.0. The molecular weight excluding hydrogens is 454 g/mol. The van der Waals surface area contributed by atoms with E-state index >= 15 is 0 Å². The van der Waals surface area contributed by atoms with E-state index in [-0.39, 0.29) is 12.5 Å². The van der Waals surface area contributed by atoms with Gasteiger partial charge < -0.3 is 15.4 Å². The number of amides is 3. The second kappa shape index (κ2) is 12.8. The number of nitrogens with one attached hydrogen (secondary N) is 2. The molecule has 0 fully saturated rings. The standard InChI is InChI=1S/C29H37N3O4/c1-8-32(27(34)24(18-20(2)3)31-28(35)36-29(5,6)7)25(23-16-14-21(4)15-17-23)26(33)30-19-22-12-10-9-11-13-22/h1,9-17,20,24-25H,18-19H2,2-7H3,(H,30,33)(H,31,35).